The number of alkyl halides is 2. The Kier molecular flexibility index (Phi) is 4.06. The highest BCUT2D eigenvalue weighted by molar-refractivity contribution is 5.98. The number of aromatic nitrogens is 2. The number of halogens is 2. The number of fused-ring (bicyclic) bond motifs is 1. The van der Waals surface area contributed by atoms with E-state index in [2.05, 4.69) is 14.7 Å². The lowest BCUT2D eigenvalue weighted by atomic mass is 10.1. The van der Waals surface area contributed by atoms with Crippen LogP contribution in [0.15, 0.2) is 23.0 Å². The standard InChI is InChI=1S/C12H12F2N2O3/c13-11(14)6-19-4-3-10(17)7-1-2-8-9(5-7)16-12(18)15-8/h1-2,5,11H,3-4,6H2,(H2,15,16,18). The van der Waals surface area contributed by atoms with Gasteiger partial charge in [-0.25, -0.2) is 13.6 Å². The van der Waals surface area contributed by atoms with Crippen molar-refractivity contribution in [3.8, 4) is 0 Å². The topological polar surface area (TPSA) is 75.0 Å². The zero-order chi connectivity index (χ0) is 13.8. The van der Waals surface area contributed by atoms with E-state index in [4.69, 9.17) is 0 Å². The normalized spacial score (nSPS) is 11.3. The molecule has 0 radical (unpaired) electrons. The van der Waals surface area contributed by atoms with E-state index in [1.54, 1.807) is 18.2 Å². The number of nitrogens with one attached hydrogen (secondary N) is 2. The van der Waals surface area contributed by atoms with E-state index in [9.17, 15) is 18.4 Å². The molecule has 0 saturated carbocycles. The van der Waals surface area contributed by atoms with Gasteiger partial charge in [-0.1, -0.05) is 0 Å². The summed E-state index contributed by atoms with van der Waals surface area (Å²) >= 11 is 0. The van der Waals surface area contributed by atoms with Crippen molar-refractivity contribution in [1.82, 2.24) is 9.97 Å². The number of rotatable bonds is 6. The number of ether oxygens (including phenoxy) is 1. The van der Waals surface area contributed by atoms with Gasteiger partial charge in [0.1, 0.15) is 6.61 Å². The molecule has 0 bridgehead atoms. The number of imidazole rings is 1. The molecule has 0 saturated heterocycles. The Labute approximate surface area is 106 Å². The van der Waals surface area contributed by atoms with E-state index in [0.717, 1.165) is 0 Å². The first-order chi connectivity index (χ1) is 9.06. The summed E-state index contributed by atoms with van der Waals surface area (Å²) < 4.78 is 28.3. The van der Waals surface area contributed by atoms with Crippen LogP contribution in [0.25, 0.3) is 11.0 Å². The van der Waals surface area contributed by atoms with Gasteiger partial charge in [0, 0.05) is 12.0 Å². The van der Waals surface area contributed by atoms with Crippen molar-refractivity contribution in [3.05, 3.63) is 34.2 Å². The summed E-state index contributed by atoms with van der Waals surface area (Å²) in [4.78, 5) is 27.9. The number of benzene rings is 1. The quantitative estimate of drug-likeness (QED) is 0.620. The Hall–Kier alpha value is -2.02. The molecule has 0 aliphatic rings. The maximum absolute atomic E-state index is 11.8. The predicted octanol–water partition coefficient (Wildman–Crippen LogP) is 1.71. The molecule has 5 nitrogen and oxygen atoms in total. The first kappa shape index (κ1) is 13.4. The van der Waals surface area contributed by atoms with Gasteiger partial charge in [0.05, 0.1) is 17.6 Å². The Morgan fingerprint density at radius 3 is 2.74 bits per heavy atom. The Balaban J connectivity index is 1.99. The number of ketones is 1. The number of hydrogen-bond acceptors (Lipinski definition) is 3. The molecule has 102 valence electrons. The summed E-state index contributed by atoms with van der Waals surface area (Å²) in [5.74, 6) is -0.224. The monoisotopic (exact) mass is 270 g/mol. The van der Waals surface area contributed by atoms with E-state index in [1.165, 1.54) is 0 Å². The zero-order valence-electron chi connectivity index (χ0n) is 9.91. The van der Waals surface area contributed by atoms with Crippen LogP contribution in [-0.4, -0.2) is 35.4 Å². The second-order valence-electron chi connectivity index (χ2n) is 3.98. The fourth-order valence-corrected chi connectivity index (χ4v) is 1.69. The second-order valence-corrected chi connectivity index (χ2v) is 3.98. The number of hydrogen-bond donors (Lipinski definition) is 2. The molecule has 1 aromatic heterocycles. The minimum atomic E-state index is -2.53. The van der Waals surface area contributed by atoms with Gasteiger partial charge >= 0.3 is 5.69 Å². The number of aromatic amines is 2. The Morgan fingerprint density at radius 2 is 2.00 bits per heavy atom. The summed E-state index contributed by atoms with van der Waals surface area (Å²) in [5, 5.41) is 0. The lowest BCUT2D eigenvalue weighted by Gasteiger charge is -2.03. The lowest BCUT2D eigenvalue weighted by molar-refractivity contribution is 0.0170. The molecule has 2 rings (SSSR count). The van der Waals surface area contributed by atoms with Crippen LogP contribution in [-0.2, 0) is 4.74 Å². The molecule has 1 heterocycles. The van der Waals surface area contributed by atoms with Crippen LogP contribution in [0.4, 0.5) is 8.78 Å². The SMILES string of the molecule is O=C(CCOCC(F)F)c1ccc2[nH]c(=O)[nH]c2c1. The molecule has 0 aliphatic heterocycles. The molecule has 2 aromatic rings. The second kappa shape index (κ2) is 5.75. The van der Waals surface area contributed by atoms with Gasteiger partial charge in [0.25, 0.3) is 6.43 Å². The van der Waals surface area contributed by atoms with Crippen molar-refractivity contribution in [1.29, 1.82) is 0 Å². The molecule has 0 spiro atoms. The van der Waals surface area contributed by atoms with Gasteiger partial charge < -0.3 is 14.7 Å². The molecule has 1 aromatic carbocycles. The van der Waals surface area contributed by atoms with Crippen LogP contribution in [0.2, 0.25) is 0 Å². The van der Waals surface area contributed by atoms with E-state index in [1.807, 2.05) is 0 Å². The first-order valence-electron chi connectivity index (χ1n) is 5.67. The van der Waals surface area contributed by atoms with E-state index < -0.39 is 13.0 Å². The molecule has 2 N–H and O–H groups in total. The third kappa shape index (κ3) is 3.47. The lowest BCUT2D eigenvalue weighted by Crippen LogP contribution is -2.09. The van der Waals surface area contributed by atoms with Gasteiger partial charge in [0.2, 0.25) is 0 Å². The molecule has 0 aliphatic carbocycles. The minimum Gasteiger partial charge on any atom is -0.375 e. The van der Waals surface area contributed by atoms with E-state index in [0.29, 0.717) is 16.6 Å². The van der Waals surface area contributed by atoms with Crippen molar-refractivity contribution < 1.29 is 18.3 Å². The third-order valence-electron chi connectivity index (χ3n) is 2.56. The minimum absolute atomic E-state index is 0.0207. The van der Waals surface area contributed by atoms with Gasteiger partial charge in [0.15, 0.2) is 5.78 Å². The zero-order valence-corrected chi connectivity index (χ0v) is 9.91. The largest absolute Gasteiger partial charge is 0.375 e. The third-order valence-corrected chi connectivity index (χ3v) is 2.56. The Bertz CT molecular complexity index is 633. The summed E-state index contributed by atoms with van der Waals surface area (Å²) in [6.45, 7) is -0.720. The molecule has 0 amide bonds. The van der Waals surface area contributed by atoms with E-state index in [-0.39, 0.29) is 24.5 Å². The van der Waals surface area contributed by atoms with Crippen LogP contribution < -0.4 is 5.69 Å². The molecular weight excluding hydrogens is 258 g/mol. The first-order valence-corrected chi connectivity index (χ1v) is 5.67. The molecule has 0 fully saturated rings. The van der Waals surface area contributed by atoms with Crippen LogP contribution in [0, 0.1) is 0 Å². The highest BCUT2D eigenvalue weighted by Crippen LogP contribution is 2.12. The van der Waals surface area contributed by atoms with Crippen molar-refractivity contribution in [2.45, 2.75) is 12.8 Å². The van der Waals surface area contributed by atoms with Crippen LogP contribution in [0.1, 0.15) is 16.8 Å². The maximum atomic E-state index is 11.8. The van der Waals surface area contributed by atoms with E-state index >= 15 is 0 Å². The fourth-order valence-electron chi connectivity index (χ4n) is 1.69. The van der Waals surface area contributed by atoms with Crippen LogP contribution in [0.5, 0.6) is 0 Å². The van der Waals surface area contributed by atoms with Crippen molar-refractivity contribution in [3.63, 3.8) is 0 Å². The highest BCUT2D eigenvalue weighted by Gasteiger charge is 2.09. The van der Waals surface area contributed by atoms with Gasteiger partial charge in [-0.2, -0.15) is 0 Å². The number of carbonyl (C=O) groups is 1. The number of H-pyrrole nitrogens is 2. The van der Waals surface area contributed by atoms with Crippen molar-refractivity contribution >= 4 is 16.8 Å². The molecule has 0 atom stereocenters. The van der Waals surface area contributed by atoms with Gasteiger partial charge in [-0.15, -0.1) is 0 Å². The molecule has 7 heteroatoms. The average molecular weight is 270 g/mol. The average Bonchev–Trinajstić information content (AvgIpc) is 2.73. The fraction of sp³-hybridized carbons (Fsp3) is 0.333. The Morgan fingerprint density at radius 1 is 1.26 bits per heavy atom. The summed E-state index contributed by atoms with van der Waals surface area (Å²) in [6.07, 6.45) is -2.51. The predicted molar refractivity (Wildman–Crippen MR) is 64.7 cm³/mol. The van der Waals surface area contributed by atoms with Crippen LogP contribution in [0.3, 0.4) is 0 Å². The highest BCUT2D eigenvalue weighted by atomic mass is 19.3. The van der Waals surface area contributed by atoms with Crippen molar-refractivity contribution in [2.24, 2.45) is 0 Å². The van der Waals surface area contributed by atoms with Crippen LogP contribution >= 0.6 is 0 Å². The summed E-state index contributed by atoms with van der Waals surface area (Å²) in [7, 11) is 0. The molecule has 19 heavy (non-hydrogen) atoms. The maximum Gasteiger partial charge on any atom is 0.323 e. The smallest absolute Gasteiger partial charge is 0.323 e. The van der Waals surface area contributed by atoms with Gasteiger partial charge in [-0.05, 0) is 18.2 Å². The van der Waals surface area contributed by atoms with Crippen molar-refractivity contribution in [2.75, 3.05) is 13.2 Å². The summed E-state index contributed by atoms with van der Waals surface area (Å²) in [5.41, 5.74) is 1.20. The summed E-state index contributed by atoms with van der Waals surface area (Å²) in [6, 6.07) is 4.73. The molecular formula is C12H12F2N2O3. The van der Waals surface area contributed by atoms with Gasteiger partial charge in [-0.3, -0.25) is 4.79 Å². The number of Topliss-reactive ketones (excluding diaryl/α,β-unsaturated/α-hetero) is 1. The number of carbonyl (C=O) groups excluding carboxylic acids is 1. The molecule has 0 unspecified atom stereocenters.